The van der Waals surface area contributed by atoms with Gasteiger partial charge in [-0.25, -0.2) is 0 Å². The second kappa shape index (κ2) is 51.3. The highest BCUT2D eigenvalue weighted by molar-refractivity contribution is 5.73. The average molecular weight is 1670 g/mol. The van der Waals surface area contributed by atoms with Crippen LogP contribution in [0.25, 0.3) is 0 Å². The summed E-state index contributed by atoms with van der Waals surface area (Å²) in [5, 5.41) is 172. The monoisotopic (exact) mass is 1670 g/mol. The second-order valence-corrected chi connectivity index (χ2v) is 30.8. The van der Waals surface area contributed by atoms with Crippen molar-refractivity contribution >= 4 is 71.6 Å². The maximum Gasteiger partial charge on any atom is 0.317 e. The molecule has 46 heteroatoms. The van der Waals surface area contributed by atoms with Gasteiger partial charge in [-0.3, -0.25) is 136 Å². The van der Waals surface area contributed by atoms with Gasteiger partial charge in [-0.05, 0) is 0 Å². The largest absolute Gasteiger partial charge is 0.480 e. The molecule has 6 unspecified atom stereocenters. The molecule has 0 spiro atoms. The summed E-state index contributed by atoms with van der Waals surface area (Å²) in [5.41, 5.74) is -4.53. The van der Waals surface area contributed by atoms with E-state index in [4.69, 9.17) is 9.47 Å². The standard InChI is InChI=1S/C70H124N16O30/c87-53(35-71-1-5-73(37-57(89)90)9-13-77(41-61(97)98)14-10-74(6-2-71)38-58(91)92)49-115-55-33-70(114,52-86-31-27-83(47-67(109)110)23-19-80(44-64(103)104)20-24-84(28-32-86)48-68(111)112)56(34-69(55,113)51-85-29-25-81(45-65(105)106)21-17-79(43-63(101)102)18-22-82(26-30-85)46-66(107)108)116-50-54(88)36-72-3-7-75(39-59(93)94)11-15-78(42-62(99)100)16-12-76(8-4-72)40-60(95)96/h53-56,87-88,113-114H,1-52H2,(H,89,90)(H,91,92)(H,93,94)(H,95,96)(H,97,98)(H,99,100)(H,101,102)(H,103,104)(H,105,106)(H,107,108)(H,109,110)(H,111,112). The van der Waals surface area contributed by atoms with E-state index in [9.17, 15) is 139 Å². The molecule has 4 heterocycles. The second-order valence-electron chi connectivity index (χ2n) is 30.8. The number of β-amino-alcohol motifs (C(OH)–C–C–N with tert-alkyl or cyclic N) is 4. The molecule has 1 aliphatic carbocycles. The predicted octanol–water partition coefficient (Wildman–Crippen LogP) is -10.4. The zero-order chi connectivity index (χ0) is 85.7. The van der Waals surface area contributed by atoms with E-state index in [0.29, 0.717) is 0 Å². The molecule has 5 rings (SSSR count). The number of rotatable bonds is 38. The number of nitrogens with zero attached hydrogens (tertiary/aromatic N) is 16. The number of aliphatic hydroxyl groups is 4. The van der Waals surface area contributed by atoms with Gasteiger partial charge in [-0.1, -0.05) is 0 Å². The lowest BCUT2D eigenvalue weighted by molar-refractivity contribution is -0.245. The molecular weight excluding hydrogens is 1540 g/mol. The molecule has 46 nitrogen and oxygen atoms in total. The fraction of sp³-hybridized carbons (Fsp3) is 0.829. The molecule has 116 heavy (non-hydrogen) atoms. The Labute approximate surface area is 672 Å². The maximum atomic E-state index is 14.0. The summed E-state index contributed by atoms with van der Waals surface area (Å²) in [6.45, 7) is -7.28. The van der Waals surface area contributed by atoms with E-state index in [0.717, 1.165) is 0 Å². The lowest BCUT2D eigenvalue weighted by Gasteiger charge is -2.53. The SMILES string of the molecule is O=C(O)CN1CCN(CC(=O)O)CCN(CC(O)COC2CC(O)(CN3CCN(CC(=O)O)CCN(CC(=O)O)CCN(CC(=O)O)CC3)C(OCC(O)CN3CCN(CC(=O)O)CCN(CC(=O)O)CCN(CC(=O)O)CC3)CC2(O)CN2CCN(CC(=O)O)CCN(CC(=O)O)CCN(CC(=O)O)CC2)CCN(CC(=O)O)CC1. The van der Waals surface area contributed by atoms with E-state index in [1.165, 1.54) is 0 Å². The number of aliphatic hydroxyl groups excluding tert-OH is 2. The van der Waals surface area contributed by atoms with Crippen molar-refractivity contribution in [3.05, 3.63) is 0 Å². The van der Waals surface area contributed by atoms with Crippen LogP contribution < -0.4 is 0 Å². The minimum absolute atomic E-state index is 0.0108. The van der Waals surface area contributed by atoms with Crippen LogP contribution in [0, 0.1) is 0 Å². The van der Waals surface area contributed by atoms with E-state index in [-0.39, 0.29) is 223 Å². The third kappa shape index (κ3) is 41.0. The number of carboxylic acid groups (broad SMARTS) is 12. The van der Waals surface area contributed by atoms with Crippen LogP contribution in [0.4, 0.5) is 0 Å². The number of ether oxygens (including phenoxy) is 2. The minimum atomic E-state index is -2.26. The van der Waals surface area contributed by atoms with Crippen LogP contribution in [0.1, 0.15) is 12.8 Å². The molecule has 5 aliphatic rings. The minimum Gasteiger partial charge on any atom is -0.480 e. The lowest BCUT2D eigenvalue weighted by Crippen LogP contribution is -2.68. The van der Waals surface area contributed by atoms with Crippen LogP contribution in [0.2, 0.25) is 0 Å². The smallest absolute Gasteiger partial charge is 0.317 e. The Hall–Kier alpha value is -7.24. The van der Waals surface area contributed by atoms with E-state index >= 15 is 0 Å². The third-order valence-corrected chi connectivity index (χ3v) is 21.2. The summed E-state index contributed by atoms with van der Waals surface area (Å²) in [5.74, 6) is -14.3. The van der Waals surface area contributed by atoms with Crippen LogP contribution in [0.15, 0.2) is 0 Å². The lowest BCUT2D eigenvalue weighted by atomic mass is 9.71. The van der Waals surface area contributed by atoms with Crippen molar-refractivity contribution in [2.75, 3.05) is 327 Å². The first-order valence-electron chi connectivity index (χ1n) is 39.0. The Bertz CT molecular complexity index is 2800. The fourth-order valence-corrected chi connectivity index (χ4v) is 15.2. The molecule has 6 atom stereocenters. The first kappa shape index (κ1) is 99.3. The molecule has 4 aliphatic heterocycles. The fourth-order valence-electron chi connectivity index (χ4n) is 15.2. The van der Waals surface area contributed by atoms with Gasteiger partial charge in [-0.2, -0.15) is 0 Å². The molecule has 0 radical (unpaired) electrons. The maximum absolute atomic E-state index is 14.0. The number of hydrogen-bond acceptors (Lipinski definition) is 34. The van der Waals surface area contributed by atoms with Gasteiger partial charge >= 0.3 is 71.6 Å². The van der Waals surface area contributed by atoms with Gasteiger partial charge < -0.3 is 91.2 Å². The van der Waals surface area contributed by atoms with Crippen molar-refractivity contribution in [1.29, 1.82) is 0 Å². The van der Waals surface area contributed by atoms with Gasteiger partial charge in [-0.15, -0.1) is 0 Å². The number of aliphatic carboxylic acids is 12. The summed E-state index contributed by atoms with van der Waals surface area (Å²) in [4.78, 5) is 172. The van der Waals surface area contributed by atoms with Crippen LogP contribution >= 0.6 is 0 Å². The van der Waals surface area contributed by atoms with Crippen LogP contribution in [-0.4, -0.2) is 595 Å². The zero-order valence-corrected chi connectivity index (χ0v) is 66.1. The first-order valence-corrected chi connectivity index (χ1v) is 39.0. The third-order valence-electron chi connectivity index (χ3n) is 21.2. The first-order chi connectivity index (χ1) is 54.8. The molecule has 0 amide bonds. The Balaban J connectivity index is 1.67. The quantitative estimate of drug-likeness (QED) is 0.0273. The number of carbonyl (C=O) groups is 12. The summed E-state index contributed by atoms with van der Waals surface area (Å²) in [7, 11) is 0. The summed E-state index contributed by atoms with van der Waals surface area (Å²) >= 11 is 0. The molecule has 664 valence electrons. The average Bonchev–Trinajstić information content (AvgIpc) is 0.754. The van der Waals surface area contributed by atoms with E-state index in [1.54, 1.807) is 78.4 Å². The molecule has 0 aromatic carbocycles. The van der Waals surface area contributed by atoms with Gasteiger partial charge in [0.1, 0.15) is 11.2 Å². The van der Waals surface area contributed by atoms with Crippen molar-refractivity contribution < 1.29 is 149 Å². The highest BCUT2D eigenvalue weighted by atomic mass is 16.5. The number of hydrogen-bond donors (Lipinski definition) is 16. The summed E-state index contributed by atoms with van der Waals surface area (Å²) in [6, 6.07) is 0. The molecular formula is C70H124N16O30. The van der Waals surface area contributed by atoms with Crippen molar-refractivity contribution in [3.63, 3.8) is 0 Å². The van der Waals surface area contributed by atoms with Gasteiger partial charge in [0.15, 0.2) is 0 Å². The highest BCUT2D eigenvalue weighted by Crippen LogP contribution is 2.41. The van der Waals surface area contributed by atoms with Crippen LogP contribution in [0.3, 0.4) is 0 Å². The van der Waals surface area contributed by atoms with E-state index in [2.05, 4.69) is 0 Å². The van der Waals surface area contributed by atoms with Crippen molar-refractivity contribution in [3.8, 4) is 0 Å². The normalized spacial score (nSPS) is 25.0. The Morgan fingerprint density at radius 2 is 0.345 bits per heavy atom. The highest BCUT2D eigenvalue weighted by Gasteiger charge is 2.56. The summed E-state index contributed by atoms with van der Waals surface area (Å²) in [6.07, 6.45) is -7.38. The Morgan fingerprint density at radius 3 is 0.474 bits per heavy atom. The number of carboxylic acids is 12. The predicted molar refractivity (Wildman–Crippen MR) is 405 cm³/mol. The van der Waals surface area contributed by atoms with Crippen LogP contribution in [-0.2, 0) is 67.0 Å². The molecule has 5 fully saturated rings. The van der Waals surface area contributed by atoms with Crippen LogP contribution in [0.5, 0.6) is 0 Å². The van der Waals surface area contributed by atoms with E-state index < -0.39 is 225 Å². The molecule has 0 bridgehead atoms. The van der Waals surface area contributed by atoms with Gasteiger partial charge in [0, 0.05) is 248 Å². The molecule has 0 aromatic rings. The molecule has 16 N–H and O–H groups in total. The van der Waals surface area contributed by atoms with Crippen molar-refractivity contribution in [1.82, 2.24) is 78.4 Å². The van der Waals surface area contributed by atoms with Gasteiger partial charge in [0.05, 0.1) is 116 Å². The summed E-state index contributed by atoms with van der Waals surface area (Å²) < 4.78 is 13.5. The zero-order valence-electron chi connectivity index (χ0n) is 66.1. The van der Waals surface area contributed by atoms with E-state index in [1.807, 2.05) is 0 Å². The Kier molecular flexibility index (Phi) is 43.9. The molecule has 1 saturated carbocycles. The van der Waals surface area contributed by atoms with Crippen molar-refractivity contribution in [2.45, 2.75) is 48.5 Å². The Morgan fingerprint density at radius 1 is 0.224 bits per heavy atom. The topological polar surface area (TPSA) is 599 Å². The molecule has 4 saturated heterocycles. The molecule has 0 aromatic heterocycles. The van der Waals surface area contributed by atoms with Gasteiger partial charge in [0.25, 0.3) is 0 Å². The van der Waals surface area contributed by atoms with Crippen molar-refractivity contribution in [2.24, 2.45) is 0 Å². The van der Waals surface area contributed by atoms with Gasteiger partial charge in [0.2, 0.25) is 0 Å².